The normalized spacial score (nSPS) is 17.1. The Morgan fingerprint density at radius 3 is 2.73 bits per heavy atom. The molecule has 0 aliphatic carbocycles. The van der Waals surface area contributed by atoms with Crippen LogP contribution in [0.1, 0.15) is 28.8 Å². The molecule has 0 unspecified atom stereocenters. The number of benzene rings is 2. The van der Waals surface area contributed by atoms with Gasteiger partial charge in [0.25, 0.3) is 5.91 Å². The van der Waals surface area contributed by atoms with Gasteiger partial charge >= 0.3 is 6.18 Å². The van der Waals surface area contributed by atoms with Crippen LogP contribution in [0, 0.1) is 0 Å². The van der Waals surface area contributed by atoms with Crippen molar-refractivity contribution in [3.05, 3.63) is 59.7 Å². The Kier molecular flexibility index (Phi) is 5.46. The molecule has 0 aromatic heterocycles. The summed E-state index contributed by atoms with van der Waals surface area (Å²) in [6.45, 7) is 1.12. The number of carbonyl (C=O) groups excluding carboxylic acids is 1. The highest BCUT2D eigenvalue weighted by atomic mass is 19.4. The highest BCUT2D eigenvalue weighted by molar-refractivity contribution is 6.05. The maximum Gasteiger partial charge on any atom is 0.417 e. The molecule has 0 saturated carbocycles. The zero-order valence-corrected chi connectivity index (χ0v) is 13.9. The maximum absolute atomic E-state index is 13.0. The van der Waals surface area contributed by atoms with Crippen LogP contribution >= 0.6 is 0 Å². The number of nitrogens with one attached hydrogen (secondary N) is 1. The van der Waals surface area contributed by atoms with Crippen molar-refractivity contribution in [2.75, 3.05) is 18.5 Å². The number of hydrogen-bond donors (Lipinski definition) is 1. The van der Waals surface area contributed by atoms with Crippen LogP contribution in [0.5, 0.6) is 5.75 Å². The standard InChI is InChI=1S/C19H18F3NO3/c20-19(21,22)17-9-2-1-8-16(17)18(24)23-13-5-3-6-14(11-13)26-12-15-7-4-10-25-15/h1-3,5-6,8-9,11,15H,4,7,10,12H2,(H,23,24)/t15-/m0/s1. The lowest BCUT2D eigenvalue weighted by atomic mass is 10.1. The Morgan fingerprint density at radius 2 is 2.00 bits per heavy atom. The van der Waals surface area contributed by atoms with Gasteiger partial charge in [-0.1, -0.05) is 18.2 Å². The number of alkyl halides is 3. The summed E-state index contributed by atoms with van der Waals surface area (Å²) in [7, 11) is 0. The minimum Gasteiger partial charge on any atom is -0.491 e. The predicted molar refractivity (Wildman–Crippen MR) is 90.3 cm³/mol. The summed E-state index contributed by atoms with van der Waals surface area (Å²) >= 11 is 0. The molecular weight excluding hydrogens is 347 g/mol. The summed E-state index contributed by atoms with van der Waals surface area (Å²) in [6.07, 6.45) is -2.61. The van der Waals surface area contributed by atoms with Crippen molar-refractivity contribution in [3.8, 4) is 5.75 Å². The first kappa shape index (κ1) is 18.3. The van der Waals surface area contributed by atoms with Crippen molar-refractivity contribution in [2.24, 2.45) is 0 Å². The molecular formula is C19H18F3NO3. The van der Waals surface area contributed by atoms with Gasteiger partial charge in [0.05, 0.1) is 17.2 Å². The number of amides is 1. The molecule has 1 fully saturated rings. The molecule has 26 heavy (non-hydrogen) atoms. The predicted octanol–water partition coefficient (Wildman–Crippen LogP) is 4.52. The monoisotopic (exact) mass is 365 g/mol. The average Bonchev–Trinajstić information content (AvgIpc) is 3.13. The first-order valence-electron chi connectivity index (χ1n) is 8.25. The lowest BCUT2D eigenvalue weighted by molar-refractivity contribution is -0.137. The highest BCUT2D eigenvalue weighted by Crippen LogP contribution is 2.32. The van der Waals surface area contributed by atoms with Gasteiger partial charge in [0.1, 0.15) is 12.4 Å². The average molecular weight is 365 g/mol. The van der Waals surface area contributed by atoms with E-state index in [2.05, 4.69) is 5.32 Å². The van der Waals surface area contributed by atoms with Crippen LogP contribution in [-0.2, 0) is 10.9 Å². The number of anilines is 1. The second-order valence-electron chi connectivity index (χ2n) is 5.97. The van der Waals surface area contributed by atoms with Gasteiger partial charge in [-0.25, -0.2) is 0 Å². The molecule has 138 valence electrons. The fraction of sp³-hybridized carbons (Fsp3) is 0.316. The van der Waals surface area contributed by atoms with Crippen molar-refractivity contribution in [3.63, 3.8) is 0 Å². The molecule has 1 atom stereocenters. The van der Waals surface area contributed by atoms with Gasteiger partial charge in [0.2, 0.25) is 0 Å². The molecule has 0 spiro atoms. The van der Waals surface area contributed by atoms with E-state index in [1.54, 1.807) is 24.3 Å². The van der Waals surface area contributed by atoms with E-state index < -0.39 is 23.2 Å². The Morgan fingerprint density at radius 1 is 1.19 bits per heavy atom. The topological polar surface area (TPSA) is 47.6 Å². The largest absolute Gasteiger partial charge is 0.491 e. The van der Waals surface area contributed by atoms with Crippen LogP contribution < -0.4 is 10.1 Å². The zero-order chi connectivity index (χ0) is 18.6. The maximum atomic E-state index is 13.0. The Hall–Kier alpha value is -2.54. The summed E-state index contributed by atoms with van der Waals surface area (Å²) < 4.78 is 50.3. The Balaban J connectivity index is 1.69. The van der Waals surface area contributed by atoms with E-state index in [1.807, 2.05) is 0 Å². The molecule has 2 aromatic carbocycles. The number of ether oxygens (including phenoxy) is 2. The van der Waals surface area contributed by atoms with Gasteiger partial charge in [-0.05, 0) is 37.1 Å². The quantitative estimate of drug-likeness (QED) is 0.848. The second kappa shape index (κ2) is 7.78. The van der Waals surface area contributed by atoms with Gasteiger partial charge < -0.3 is 14.8 Å². The molecule has 7 heteroatoms. The van der Waals surface area contributed by atoms with Crippen LogP contribution in [0.25, 0.3) is 0 Å². The number of hydrogen-bond acceptors (Lipinski definition) is 3. The fourth-order valence-electron chi connectivity index (χ4n) is 2.76. The summed E-state index contributed by atoms with van der Waals surface area (Å²) in [6, 6.07) is 11.2. The van der Waals surface area contributed by atoms with E-state index >= 15 is 0 Å². The van der Waals surface area contributed by atoms with Crippen LogP contribution in [0.3, 0.4) is 0 Å². The number of halogens is 3. The molecule has 3 rings (SSSR count). The van der Waals surface area contributed by atoms with Crippen molar-refractivity contribution >= 4 is 11.6 Å². The lowest BCUT2D eigenvalue weighted by Gasteiger charge is -2.14. The lowest BCUT2D eigenvalue weighted by Crippen LogP contribution is -2.19. The summed E-state index contributed by atoms with van der Waals surface area (Å²) in [4.78, 5) is 12.3. The fourth-order valence-corrected chi connectivity index (χ4v) is 2.76. The first-order chi connectivity index (χ1) is 12.4. The summed E-state index contributed by atoms with van der Waals surface area (Å²) in [5.41, 5.74) is -1.04. The van der Waals surface area contributed by atoms with Gasteiger partial charge in [0, 0.05) is 18.4 Å². The molecule has 1 aliphatic rings. The Labute approximate surface area is 148 Å². The number of carbonyl (C=O) groups is 1. The molecule has 0 radical (unpaired) electrons. The van der Waals surface area contributed by atoms with E-state index in [0.717, 1.165) is 31.6 Å². The highest BCUT2D eigenvalue weighted by Gasteiger charge is 2.34. The second-order valence-corrected chi connectivity index (χ2v) is 5.97. The third-order valence-electron chi connectivity index (χ3n) is 4.03. The van der Waals surface area contributed by atoms with Crippen LogP contribution in [0.4, 0.5) is 18.9 Å². The molecule has 1 aliphatic heterocycles. The third-order valence-corrected chi connectivity index (χ3v) is 4.03. The minimum atomic E-state index is -4.60. The van der Waals surface area contributed by atoms with E-state index in [9.17, 15) is 18.0 Å². The molecule has 0 bridgehead atoms. The molecule has 1 saturated heterocycles. The minimum absolute atomic E-state index is 0.0481. The van der Waals surface area contributed by atoms with E-state index in [-0.39, 0.29) is 6.10 Å². The molecule has 4 nitrogen and oxygen atoms in total. The van der Waals surface area contributed by atoms with Crippen LogP contribution in [0.15, 0.2) is 48.5 Å². The van der Waals surface area contributed by atoms with Crippen molar-refractivity contribution in [1.82, 2.24) is 0 Å². The van der Waals surface area contributed by atoms with Gasteiger partial charge in [-0.3, -0.25) is 4.79 Å². The first-order valence-corrected chi connectivity index (χ1v) is 8.25. The smallest absolute Gasteiger partial charge is 0.417 e. The van der Waals surface area contributed by atoms with Gasteiger partial charge in [-0.2, -0.15) is 13.2 Å². The molecule has 1 heterocycles. The van der Waals surface area contributed by atoms with Crippen molar-refractivity contribution in [1.29, 1.82) is 0 Å². The van der Waals surface area contributed by atoms with Crippen LogP contribution in [-0.4, -0.2) is 25.2 Å². The SMILES string of the molecule is O=C(Nc1cccc(OC[C@@H]2CCCO2)c1)c1ccccc1C(F)(F)F. The third kappa shape index (κ3) is 4.54. The van der Waals surface area contributed by atoms with Crippen molar-refractivity contribution < 1.29 is 27.4 Å². The Bertz CT molecular complexity index is 771. The zero-order valence-electron chi connectivity index (χ0n) is 13.9. The van der Waals surface area contributed by atoms with Crippen molar-refractivity contribution in [2.45, 2.75) is 25.1 Å². The van der Waals surface area contributed by atoms with Gasteiger partial charge in [0.15, 0.2) is 0 Å². The molecule has 1 N–H and O–H groups in total. The van der Waals surface area contributed by atoms with E-state index in [1.165, 1.54) is 12.1 Å². The molecule has 1 amide bonds. The van der Waals surface area contributed by atoms with E-state index in [4.69, 9.17) is 9.47 Å². The number of rotatable bonds is 5. The summed E-state index contributed by atoms with van der Waals surface area (Å²) in [5, 5.41) is 2.49. The van der Waals surface area contributed by atoms with Gasteiger partial charge in [-0.15, -0.1) is 0 Å². The van der Waals surface area contributed by atoms with E-state index in [0.29, 0.717) is 18.0 Å². The summed E-state index contributed by atoms with van der Waals surface area (Å²) in [5.74, 6) is -0.309. The molecule has 2 aromatic rings. The van der Waals surface area contributed by atoms with Crippen LogP contribution in [0.2, 0.25) is 0 Å².